The van der Waals surface area contributed by atoms with E-state index in [0.717, 1.165) is 0 Å². The molecular formula is C17H16ClNO4. The maximum atomic E-state index is 12.2. The van der Waals surface area contributed by atoms with Crippen LogP contribution in [0.15, 0.2) is 42.5 Å². The number of hydrogen-bond acceptors (Lipinski definition) is 4. The molecule has 6 heteroatoms. The number of hydrogen-bond donors (Lipinski definition) is 1. The Balaban J connectivity index is 2.15. The van der Waals surface area contributed by atoms with Gasteiger partial charge in [0.05, 0.1) is 24.3 Å². The van der Waals surface area contributed by atoms with Crippen LogP contribution in [0.3, 0.4) is 0 Å². The molecule has 0 spiro atoms. The highest BCUT2D eigenvalue weighted by Gasteiger charge is 2.13. The lowest BCUT2D eigenvalue weighted by Crippen LogP contribution is -2.12. The number of methoxy groups -OCH3 is 1. The van der Waals surface area contributed by atoms with E-state index in [0.29, 0.717) is 23.6 Å². The molecule has 0 fully saturated rings. The summed E-state index contributed by atoms with van der Waals surface area (Å²) < 4.78 is 9.98. The van der Waals surface area contributed by atoms with E-state index in [1.54, 1.807) is 30.3 Å². The second-order valence-corrected chi connectivity index (χ2v) is 5.00. The third-order valence-corrected chi connectivity index (χ3v) is 3.39. The molecule has 1 amide bonds. The van der Waals surface area contributed by atoms with Gasteiger partial charge in [0.25, 0.3) is 5.91 Å². The van der Waals surface area contributed by atoms with Crippen LogP contribution in [0, 0.1) is 0 Å². The zero-order chi connectivity index (χ0) is 16.8. The van der Waals surface area contributed by atoms with Gasteiger partial charge in [0.1, 0.15) is 5.75 Å². The number of halogens is 1. The number of nitrogens with one attached hydrogen (secondary N) is 1. The van der Waals surface area contributed by atoms with Crippen molar-refractivity contribution >= 4 is 29.2 Å². The minimum Gasteiger partial charge on any atom is -0.494 e. The molecule has 2 aromatic rings. The first-order valence-electron chi connectivity index (χ1n) is 6.97. The predicted molar refractivity (Wildman–Crippen MR) is 88.4 cm³/mol. The molecular weight excluding hydrogens is 318 g/mol. The molecule has 1 N–H and O–H groups in total. The lowest BCUT2D eigenvalue weighted by Gasteiger charge is -2.09. The van der Waals surface area contributed by atoms with Gasteiger partial charge < -0.3 is 14.8 Å². The summed E-state index contributed by atoms with van der Waals surface area (Å²) in [6.45, 7) is 2.45. The fraction of sp³-hybridized carbons (Fsp3) is 0.176. The summed E-state index contributed by atoms with van der Waals surface area (Å²) in [6.07, 6.45) is 0. The zero-order valence-electron chi connectivity index (χ0n) is 12.8. The number of esters is 1. The molecule has 0 aliphatic carbocycles. The van der Waals surface area contributed by atoms with Crippen molar-refractivity contribution in [2.24, 2.45) is 0 Å². The molecule has 0 aromatic heterocycles. The number of benzene rings is 2. The zero-order valence-corrected chi connectivity index (χ0v) is 13.5. The number of ether oxygens (including phenoxy) is 2. The SMILES string of the molecule is CCOc1ccc(C(=O)Nc2ccc(Cl)c(C(=O)OC)c2)cc1. The summed E-state index contributed by atoms with van der Waals surface area (Å²) in [7, 11) is 1.27. The summed E-state index contributed by atoms with van der Waals surface area (Å²) >= 11 is 5.94. The first-order valence-corrected chi connectivity index (χ1v) is 7.35. The minimum atomic E-state index is -0.563. The van der Waals surface area contributed by atoms with Gasteiger partial charge >= 0.3 is 5.97 Å². The number of anilines is 1. The summed E-state index contributed by atoms with van der Waals surface area (Å²) in [6, 6.07) is 11.4. The lowest BCUT2D eigenvalue weighted by atomic mass is 10.1. The van der Waals surface area contributed by atoms with Gasteiger partial charge in [0.15, 0.2) is 0 Å². The van der Waals surface area contributed by atoms with E-state index in [-0.39, 0.29) is 16.5 Å². The molecule has 0 heterocycles. The Morgan fingerprint density at radius 2 is 1.83 bits per heavy atom. The van der Waals surface area contributed by atoms with Crippen molar-refractivity contribution < 1.29 is 19.1 Å². The molecule has 0 radical (unpaired) electrons. The Labute approximate surface area is 139 Å². The van der Waals surface area contributed by atoms with Crippen molar-refractivity contribution in [2.45, 2.75) is 6.92 Å². The standard InChI is InChI=1S/C17H16ClNO4/c1-3-23-13-7-4-11(5-8-13)16(20)19-12-6-9-15(18)14(10-12)17(21)22-2/h4-10H,3H2,1-2H3,(H,19,20). The number of carbonyl (C=O) groups excluding carboxylic acids is 2. The molecule has 0 aliphatic rings. The molecule has 23 heavy (non-hydrogen) atoms. The van der Waals surface area contributed by atoms with E-state index in [1.807, 2.05) is 6.92 Å². The van der Waals surface area contributed by atoms with Crippen LogP contribution in [0.2, 0.25) is 5.02 Å². The van der Waals surface area contributed by atoms with Crippen LogP contribution in [0.5, 0.6) is 5.75 Å². The van der Waals surface area contributed by atoms with Crippen molar-refractivity contribution in [2.75, 3.05) is 19.0 Å². The van der Waals surface area contributed by atoms with Crippen LogP contribution in [0.25, 0.3) is 0 Å². The number of carbonyl (C=O) groups is 2. The van der Waals surface area contributed by atoms with E-state index < -0.39 is 5.97 Å². The van der Waals surface area contributed by atoms with Gasteiger partial charge in [-0.25, -0.2) is 4.79 Å². The van der Waals surface area contributed by atoms with Crippen molar-refractivity contribution in [1.82, 2.24) is 0 Å². The third kappa shape index (κ3) is 4.23. The topological polar surface area (TPSA) is 64.6 Å². The normalized spacial score (nSPS) is 10.0. The molecule has 2 aromatic carbocycles. The largest absolute Gasteiger partial charge is 0.494 e. The Morgan fingerprint density at radius 3 is 2.43 bits per heavy atom. The highest BCUT2D eigenvalue weighted by molar-refractivity contribution is 6.33. The summed E-state index contributed by atoms with van der Waals surface area (Å²) in [5.74, 6) is -0.165. The Morgan fingerprint density at radius 1 is 1.13 bits per heavy atom. The fourth-order valence-electron chi connectivity index (χ4n) is 1.94. The molecule has 0 saturated carbocycles. The van der Waals surface area contributed by atoms with Crippen molar-refractivity contribution in [3.8, 4) is 5.75 Å². The predicted octanol–water partition coefficient (Wildman–Crippen LogP) is 3.78. The van der Waals surface area contributed by atoms with Gasteiger partial charge in [-0.1, -0.05) is 11.6 Å². The highest BCUT2D eigenvalue weighted by atomic mass is 35.5. The van der Waals surface area contributed by atoms with Gasteiger partial charge in [0, 0.05) is 11.3 Å². The molecule has 2 rings (SSSR count). The van der Waals surface area contributed by atoms with Gasteiger partial charge in [-0.3, -0.25) is 4.79 Å². The average Bonchev–Trinajstić information content (AvgIpc) is 2.56. The molecule has 0 atom stereocenters. The Hall–Kier alpha value is -2.53. The van der Waals surface area contributed by atoms with E-state index in [1.165, 1.54) is 19.2 Å². The summed E-state index contributed by atoms with van der Waals surface area (Å²) in [4.78, 5) is 23.8. The monoisotopic (exact) mass is 333 g/mol. The van der Waals surface area contributed by atoms with E-state index in [9.17, 15) is 9.59 Å². The third-order valence-electron chi connectivity index (χ3n) is 3.06. The molecule has 0 bridgehead atoms. The summed E-state index contributed by atoms with van der Waals surface area (Å²) in [5.41, 5.74) is 1.12. The van der Waals surface area contributed by atoms with Gasteiger partial charge in [0.2, 0.25) is 0 Å². The van der Waals surface area contributed by atoms with Crippen molar-refractivity contribution in [3.63, 3.8) is 0 Å². The van der Waals surface area contributed by atoms with Crippen molar-refractivity contribution in [3.05, 3.63) is 58.6 Å². The van der Waals surface area contributed by atoms with Crippen LogP contribution in [0.4, 0.5) is 5.69 Å². The number of amides is 1. The first kappa shape index (κ1) is 16.8. The maximum Gasteiger partial charge on any atom is 0.339 e. The van der Waals surface area contributed by atoms with Crippen LogP contribution in [0.1, 0.15) is 27.6 Å². The van der Waals surface area contributed by atoms with E-state index >= 15 is 0 Å². The van der Waals surface area contributed by atoms with Gasteiger partial charge in [-0.15, -0.1) is 0 Å². The second kappa shape index (κ2) is 7.65. The first-order chi connectivity index (χ1) is 11.0. The molecule has 5 nitrogen and oxygen atoms in total. The van der Waals surface area contributed by atoms with Gasteiger partial charge in [-0.2, -0.15) is 0 Å². The van der Waals surface area contributed by atoms with Crippen LogP contribution in [-0.4, -0.2) is 25.6 Å². The second-order valence-electron chi connectivity index (χ2n) is 4.60. The average molecular weight is 334 g/mol. The molecule has 120 valence electrons. The quantitative estimate of drug-likeness (QED) is 0.846. The molecule has 0 saturated heterocycles. The lowest BCUT2D eigenvalue weighted by molar-refractivity contribution is 0.0600. The maximum absolute atomic E-state index is 12.2. The van der Waals surface area contributed by atoms with Crippen LogP contribution >= 0.6 is 11.6 Å². The smallest absolute Gasteiger partial charge is 0.339 e. The van der Waals surface area contributed by atoms with Crippen molar-refractivity contribution in [1.29, 1.82) is 0 Å². The highest BCUT2D eigenvalue weighted by Crippen LogP contribution is 2.22. The van der Waals surface area contributed by atoms with Crippen LogP contribution in [-0.2, 0) is 4.74 Å². The van der Waals surface area contributed by atoms with E-state index in [2.05, 4.69) is 10.1 Å². The van der Waals surface area contributed by atoms with E-state index in [4.69, 9.17) is 16.3 Å². The number of rotatable bonds is 5. The van der Waals surface area contributed by atoms with Crippen LogP contribution < -0.4 is 10.1 Å². The fourth-order valence-corrected chi connectivity index (χ4v) is 2.14. The molecule has 0 unspecified atom stereocenters. The summed E-state index contributed by atoms with van der Waals surface area (Å²) in [5, 5.41) is 2.97. The Bertz CT molecular complexity index is 713. The Kier molecular flexibility index (Phi) is 5.60. The molecule has 0 aliphatic heterocycles. The van der Waals surface area contributed by atoms with Gasteiger partial charge in [-0.05, 0) is 49.4 Å². The minimum absolute atomic E-state index is 0.193.